The fourth-order valence-corrected chi connectivity index (χ4v) is 3.00. The van der Waals surface area contributed by atoms with Crippen LogP contribution in [0.4, 0.5) is 0 Å². The molecular formula is C14H13Cl2N5. The molecule has 2 heterocycles. The van der Waals surface area contributed by atoms with Gasteiger partial charge in [-0.15, -0.1) is 10.2 Å². The number of aryl methyl sites for hydroxylation is 1. The average Bonchev–Trinajstić information content (AvgIpc) is 3.06. The third-order valence-corrected chi connectivity index (χ3v) is 4.45. The summed E-state index contributed by atoms with van der Waals surface area (Å²) >= 11 is 12.8. The average molecular weight is 322 g/mol. The number of aromatic amines is 2. The van der Waals surface area contributed by atoms with E-state index < -0.39 is 0 Å². The Morgan fingerprint density at radius 1 is 1.05 bits per heavy atom. The summed E-state index contributed by atoms with van der Waals surface area (Å²) in [4.78, 5) is 3.02. The number of halogens is 2. The van der Waals surface area contributed by atoms with Gasteiger partial charge in [0.1, 0.15) is 10.8 Å². The maximum Gasteiger partial charge on any atom is 0.222 e. The lowest BCUT2D eigenvalue weighted by Crippen LogP contribution is -1.90. The molecule has 5 nitrogen and oxygen atoms in total. The Balaban J connectivity index is 2.23. The number of tetrazole rings is 1. The van der Waals surface area contributed by atoms with Crippen LogP contribution >= 0.6 is 23.2 Å². The summed E-state index contributed by atoms with van der Waals surface area (Å²) < 4.78 is 0. The van der Waals surface area contributed by atoms with E-state index in [4.69, 9.17) is 23.2 Å². The zero-order valence-electron chi connectivity index (χ0n) is 11.8. The van der Waals surface area contributed by atoms with E-state index in [2.05, 4.69) is 52.4 Å². The number of rotatable bonds is 2. The van der Waals surface area contributed by atoms with E-state index >= 15 is 0 Å². The highest BCUT2D eigenvalue weighted by Crippen LogP contribution is 2.42. The van der Waals surface area contributed by atoms with Gasteiger partial charge in [-0.05, 0) is 48.2 Å². The van der Waals surface area contributed by atoms with Crippen LogP contribution in [-0.4, -0.2) is 25.6 Å². The van der Waals surface area contributed by atoms with Crippen molar-refractivity contribution in [2.24, 2.45) is 0 Å². The van der Waals surface area contributed by atoms with Crippen molar-refractivity contribution < 1.29 is 0 Å². The van der Waals surface area contributed by atoms with Crippen molar-refractivity contribution in [3.05, 3.63) is 39.0 Å². The topological polar surface area (TPSA) is 70.2 Å². The molecule has 0 aliphatic carbocycles. The number of hydrogen-bond acceptors (Lipinski definition) is 3. The maximum absolute atomic E-state index is 6.48. The van der Waals surface area contributed by atoms with Crippen molar-refractivity contribution in [1.29, 1.82) is 0 Å². The quantitative estimate of drug-likeness (QED) is 0.746. The van der Waals surface area contributed by atoms with E-state index in [0.29, 0.717) is 21.7 Å². The molecule has 0 fully saturated rings. The van der Waals surface area contributed by atoms with Crippen molar-refractivity contribution in [3.63, 3.8) is 0 Å². The first-order valence-corrected chi connectivity index (χ1v) is 7.14. The predicted octanol–water partition coefficient (Wildman–Crippen LogP) is 4.09. The molecule has 0 aliphatic rings. The summed E-state index contributed by atoms with van der Waals surface area (Å²) in [6, 6.07) is 4.09. The van der Waals surface area contributed by atoms with Crippen LogP contribution in [0.15, 0.2) is 12.1 Å². The molecule has 0 amide bonds. The second kappa shape index (κ2) is 5.16. The molecule has 2 N–H and O–H groups in total. The Morgan fingerprint density at radius 2 is 1.81 bits per heavy atom. The summed E-state index contributed by atoms with van der Waals surface area (Å²) in [5.74, 6) is 0.384. The van der Waals surface area contributed by atoms with E-state index in [1.807, 2.05) is 6.07 Å². The van der Waals surface area contributed by atoms with Crippen LogP contribution < -0.4 is 0 Å². The summed E-state index contributed by atoms with van der Waals surface area (Å²) in [5, 5.41) is 14.7. The van der Waals surface area contributed by atoms with Gasteiger partial charge in [0.2, 0.25) is 5.82 Å². The number of hydrogen-bond donors (Lipinski definition) is 2. The van der Waals surface area contributed by atoms with Crippen LogP contribution in [0.1, 0.15) is 16.7 Å². The Labute approximate surface area is 131 Å². The largest absolute Gasteiger partial charge is 0.341 e. The molecule has 7 heteroatoms. The first-order valence-electron chi connectivity index (χ1n) is 6.38. The van der Waals surface area contributed by atoms with Gasteiger partial charge in [-0.2, -0.15) is 5.21 Å². The molecule has 0 radical (unpaired) electrons. The van der Waals surface area contributed by atoms with E-state index in [0.717, 1.165) is 16.7 Å². The van der Waals surface area contributed by atoms with Crippen LogP contribution in [0.3, 0.4) is 0 Å². The molecular weight excluding hydrogens is 309 g/mol. The van der Waals surface area contributed by atoms with Crippen molar-refractivity contribution >= 4 is 23.2 Å². The number of benzene rings is 1. The molecule has 3 aromatic rings. The third-order valence-electron chi connectivity index (χ3n) is 3.79. The molecule has 2 aromatic heterocycles. The van der Waals surface area contributed by atoms with Gasteiger partial charge in [-0.1, -0.05) is 35.3 Å². The fraction of sp³-hybridized carbons (Fsp3) is 0.214. The van der Waals surface area contributed by atoms with Crippen LogP contribution in [0.5, 0.6) is 0 Å². The lowest BCUT2D eigenvalue weighted by Gasteiger charge is -2.11. The van der Waals surface area contributed by atoms with Gasteiger partial charge in [0, 0.05) is 5.56 Å². The normalized spacial score (nSPS) is 11.1. The molecule has 1 aromatic carbocycles. The van der Waals surface area contributed by atoms with Crippen molar-refractivity contribution in [2.75, 3.05) is 0 Å². The highest BCUT2D eigenvalue weighted by molar-refractivity contribution is 6.41. The Kier molecular flexibility index (Phi) is 3.47. The molecule has 0 unspecified atom stereocenters. The summed E-state index contributed by atoms with van der Waals surface area (Å²) in [7, 11) is 0. The highest BCUT2D eigenvalue weighted by atomic mass is 35.5. The first-order chi connectivity index (χ1) is 10.0. The summed E-state index contributed by atoms with van der Waals surface area (Å²) in [6.07, 6.45) is 0. The van der Waals surface area contributed by atoms with Gasteiger partial charge in [0.15, 0.2) is 0 Å². The Morgan fingerprint density at radius 3 is 2.48 bits per heavy atom. The molecule has 0 saturated heterocycles. The number of nitrogens with zero attached hydrogens (tertiary/aromatic N) is 3. The summed E-state index contributed by atoms with van der Waals surface area (Å²) in [6.45, 7) is 6.23. The minimum absolute atomic E-state index is 0.384. The molecule has 0 saturated carbocycles. The Bertz CT molecular complexity index is 805. The van der Waals surface area contributed by atoms with Crippen molar-refractivity contribution in [2.45, 2.75) is 20.8 Å². The lowest BCUT2D eigenvalue weighted by atomic mass is 9.95. The fourth-order valence-electron chi connectivity index (χ4n) is 2.33. The molecule has 0 aliphatic heterocycles. The molecule has 108 valence electrons. The zero-order valence-corrected chi connectivity index (χ0v) is 13.3. The molecule has 0 bridgehead atoms. The van der Waals surface area contributed by atoms with Crippen molar-refractivity contribution in [1.82, 2.24) is 25.6 Å². The van der Waals surface area contributed by atoms with Crippen LogP contribution in [-0.2, 0) is 0 Å². The van der Waals surface area contributed by atoms with E-state index in [-0.39, 0.29) is 0 Å². The zero-order chi connectivity index (χ0) is 15.1. The van der Waals surface area contributed by atoms with E-state index in [1.165, 1.54) is 11.1 Å². The monoisotopic (exact) mass is 321 g/mol. The lowest BCUT2D eigenvalue weighted by molar-refractivity contribution is 0.881. The van der Waals surface area contributed by atoms with Gasteiger partial charge in [0.25, 0.3) is 0 Å². The number of aromatic nitrogens is 5. The SMILES string of the molecule is Cc1ccc(-c2c(Cl)[nH]c(-c3nn[nH]n3)c2Cl)c(C)c1C. The molecule has 0 atom stereocenters. The van der Waals surface area contributed by atoms with Gasteiger partial charge >= 0.3 is 0 Å². The van der Waals surface area contributed by atoms with Gasteiger partial charge in [0.05, 0.1) is 5.02 Å². The molecule has 0 spiro atoms. The number of H-pyrrole nitrogens is 2. The summed E-state index contributed by atoms with van der Waals surface area (Å²) in [5.41, 5.74) is 5.93. The predicted molar refractivity (Wildman–Crippen MR) is 83.6 cm³/mol. The standard InChI is InChI=1S/C14H13Cl2N5/c1-6-4-5-9(8(3)7(6)2)10-11(15)12(17-13(10)16)14-18-20-21-19-14/h4-5,17H,1-3H3,(H,18,19,20,21). The number of nitrogens with one attached hydrogen (secondary N) is 2. The Hall–Kier alpha value is -1.85. The minimum Gasteiger partial charge on any atom is -0.341 e. The maximum atomic E-state index is 6.48. The van der Waals surface area contributed by atoms with Gasteiger partial charge in [-0.25, -0.2) is 0 Å². The second-order valence-corrected chi connectivity index (χ2v) is 5.67. The minimum atomic E-state index is 0.384. The molecule has 21 heavy (non-hydrogen) atoms. The van der Waals surface area contributed by atoms with E-state index in [9.17, 15) is 0 Å². The third kappa shape index (κ3) is 2.22. The van der Waals surface area contributed by atoms with Crippen LogP contribution in [0, 0.1) is 20.8 Å². The smallest absolute Gasteiger partial charge is 0.222 e. The van der Waals surface area contributed by atoms with Gasteiger partial charge < -0.3 is 4.98 Å². The van der Waals surface area contributed by atoms with Gasteiger partial charge in [-0.3, -0.25) is 0 Å². The molecule has 3 rings (SSSR count). The van der Waals surface area contributed by atoms with Crippen LogP contribution in [0.2, 0.25) is 10.2 Å². The second-order valence-electron chi connectivity index (χ2n) is 4.92. The highest BCUT2D eigenvalue weighted by Gasteiger charge is 2.21. The van der Waals surface area contributed by atoms with E-state index in [1.54, 1.807) is 0 Å². The first kappa shape index (κ1) is 14.1. The van der Waals surface area contributed by atoms with Crippen LogP contribution in [0.25, 0.3) is 22.6 Å². The van der Waals surface area contributed by atoms with Crippen molar-refractivity contribution in [3.8, 4) is 22.6 Å².